The number of carbonyl (C=O) groups excluding carboxylic acids is 1. The summed E-state index contributed by atoms with van der Waals surface area (Å²) in [5, 5.41) is 5.49. The van der Waals surface area contributed by atoms with Crippen LogP contribution < -0.4 is 15.2 Å². The largest absolute Gasteiger partial charge is 0.489 e. The second-order valence-electron chi connectivity index (χ2n) is 10.1. The Hall–Kier alpha value is -5.57. The molecule has 0 radical (unpaired) electrons. The molecule has 4 heterocycles. The van der Waals surface area contributed by atoms with E-state index in [0.717, 1.165) is 24.0 Å². The summed E-state index contributed by atoms with van der Waals surface area (Å²) >= 11 is 0. The smallest absolute Gasteiger partial charge is 0.298 e. The van der Waals surface area contributed by atoms with E-state index in [1.54, 1.807) is 47.1 Å². The summed E-state index contributed by atoms with van der Waals surface area (Å²) in [5.41, 5.74) is 8.98. The van der Waals surface area contributed by atoms with Crippen molar-refractivity contribution in [2.45, 2.75) is 32.4 Å². The number of hydrogen-bond acceptors (Lipinski definition) is 9. The lowest BCUT2D eigenvalue weighted by Gasteiger charge is -2.31. The Kier molecular flexibility index (Phi) is 7.53. The van der Waals surface area contributed by atoms with Crippen LogP contribution in [-0.4, -0.2) is 53.6 Å². The van der Waals surface area contributed by atoms with Crippen LogP contribution in [0.2, 0.25) is 0 Å². The predicted molar refractivity (Wildman–Crippen MR) is 156 cm³/mol. The third kappa shape index (κ3) is 5.92. The standard InChI is InChI=1S/C31H27FN8O3/c1-3-27(41)39-10-4-5-23(16-39)40-31-28(30(33)36-18-37-31)29(38-40)21-6-8-24(9-7-21)43-26-12-22(32)11-25(13-26)42-17-20-14-34-19(2)35-15-20/h1,6-9,11-15,18,23H,4-5,10,16-17H2,2H3,(H2,33,36,37)/t23-/m1/s1. The average molecular weight is 579 g/mol. The molecule has 0 saturated carbocycles. The number of hydrogen-bond donors (Lipinski definition) is 1. The Morgan fingerprint density at radius 3 is 2.63 bits per heavy atom. The van der Waals surface area contributed by atoms with E-state index < -0.39 is 5.82 Å². The van der Waals surface area contributed by atoms with Gasteiger partial charge in [-0.1, -0.05) is 0 Å². The van der Waals surface area contributed by atoms with E-state index in [2.05, 4.69) is 25.9 Å². The van der Waals surface area contributed by atoms with E-state index in [0.29, 0.717) is 53.0 Å². The molecule has 0 unspecified atom stereocenters. The fourth-order valence-electron chi connectivity index (χ4n) is 5.04. The molecule has 216 valence electrons. The van der Waals surface area contributed by atoms with Gasteiger partial charge in [-0.15, -0.1) is 6.42 Å². The first kappa shape index (κ1) is 27.6. The molecule has 0 spiro atoms. The lowest BCUT2D eigenvalue weighted by atomic mass is 10.1. The van der Waals surface area contributed by atoms with Crippen molar-refractivity contribution in [2.24, 2.45) is 0 Å². The van der Waals surface area contributed by atoms with Crippen molar-refractivity contribution in [2.75, 3.05) is 18.8 Å². The van der Waals surface area contributed by atoms with Gasteiger partial charge in [0, 0.05) is 54.8 Å². The van der Waals surface area contributed by atoms with Gasteiger partial charge in [-0.2, -0.15) is 5.10 Å². The number of carbonyl (C=O) groups is 1. The maximum absolute atomic E-state index is 14.4. The third-order valence-corrected chi connectivity index (χ3v) is 7.12. The number of fused-ring (bicyclic) bond motifs is 1. The Bertz CT molecular complexity index is 1830. The number of aromatic nitrogens is 6. The van der Waals surface area contributed by atoms with E-state index in [9.17, 15) is 9.18 Å². The molecule has 2 aromatic carbocycles. The van der Waals surface area contributed by atoms with Gasteiger partial charge in [-0.3, -0.25) is 4.79 Å². The number of aryl methyl sites for hydroxylation is 1. The van der Waals surface area contributed by atoms with E-state index in [-0.39, 0.29) is 24.3 Å². The molecule has 1 aliphatic heterocycles. The molecule has 12 heteroatoms. The van der Waals surface area contributed by atoms with Crippen LogP contribution in [0.1, 0.15) is 30.3 Å². The van der Waals surface area contributed by atoms with E-state index in [4.69, 9.17) is 26.7 Å². The van der Waals surface area contributed by atoms with Crippen molar-refractivity contribution < 1.29 is 18.7 Å². The molecule has 5 aromatic rings. The Balaban J connectivity index is 1.23. The number of nitrogens with zero attached hydrogens (tertiary/aromatic N) is 7. The molecule has 2 N–H and O–H groups in total. The van der Waals surface area contributed by atoms with Crippen LogP contribution in [0.15, 0.2) is 61.2 Å². The van der Waals surface area contributed by atoms with Crippen LogP contribution in [0.3, 0.4) is 0 Å². The molecule has 1 fully saturated rings. The van der Waals surface area contributed by atoms with E-state index >= 15 is 0 Å². The second-order valence-corrected chi connectivity index (χ2v) is 10.1. The lowest BCUT2D eigenvalue weighted by molar-refractivity contribution is -0.126. The lowest BCUT2D eigenvalue weighted by Crippen LogP contribution is -2.40. The highest BCUT2D eigenvalue weighted by molar-refractivity contribution is 5.98. The van der Waals surface area contributed by atoms with Gasteiger partial charge in [0.15, 0.2) is 5.65 Å². The predicted octanol–water partition coefficient (Wildman–Crippen LogP) is 4.48. The topological polar surface area (TPSA) is 134 Å². The molecule has 11 nitrogen and oxygen atoms in total. The summed E-state index contributed by atoms with van der Waals surface area (Å²) in [6.45, 7) is 3.01. The first-order valence-electron chi connectivity index (χ1n) is 13.6. The molecule has 6 rings (SSSR count). The summed E-state index contributed by atoms with van der Waals surface area (Å²) in [6.07, 6.45) is 11.7. The average Bonchev–Trinajstić information content (AvgIpc) is 3.42. The van der Waals surface area contributed by atoms with Crippen LogP contribution in [0.5, 0.6) is 17.2 Å². The highest BCUT2D eigenvalue weighted by Gasteiger charge is 2.28. The maximum Gasteiger partial charge on any atom is 0.298 e. The third-order valence-electron chi connectivity index (χ3n) is 7.12. The van der Waals surface area contributed by atoms with Gasteiger partial charge in [0.1, 0.15) is 53.3 Å². The number of rotatable bonds is 7. The number of ether oxygens (including phenoxy) is 2. The minimum atomic E-state index is -0.498. The zero-order valence-electron chi connectivity index (χ0n) is 23.3. The SMILES string of the molecule is C#CC(=O)N1CCC[C@@H](n2nc(-c3ccc(Oc4cc(F)cc(OCc5cnc(C)nc5)c4)cc3)c3c(N)ncnc32)C1. The summed E-state index contributed by atoms with van der Waals surface area (Å²) < 4.78 is 27.9. The molecule has 3 aromatic heterocycles. The number of likely N-dealkylation sites (tertiary alicyclic amines) is 1. The number of nitrogens with two attached hydrogens (primary N) is 1. The molecule has 1 amide bonds. The first-order chi connectivity index (χ1) is 20.9. The number of benzene rings is 2. The van der Waals surface area contributed by atoms with E-state index in [1.165, 1.54) is 18.5 Å². The van der Waals surface area contributed by atoms with Gasteiger partial charge >= 0.3 is 0 Å². The Morgan fingerprint density at radius 1 is 1.09 bits per heavy atom. The number of piperidine rings is 1. The van der Waals surface area contributed by atoms with Crippen molar-refractivity contribution in [3.05, 3.63) is 78.4 Å². The number of amides is 1. The van der Waals surface area contributed by atoms with Gasteiger partial charge in [-0.25, -0.2) is 29.0 Å². The molecule has 1 aliphatic rings. The van der Waals surface area contributed by atoms with Crippen molar-refractivity contribution in [1.29, 1.82) is 0 Å². The van der Waals surface area contributed by atoms with Gasteiger partial charge in [-0.05, 0) is 50.0 Å². The van der Waals surface area contributed by atoms with Crippen LogP contribution in [0, 0.1) is 25.1 Å². The van der Waals surface area contributed by atoms with Gasteiger partial charge < -0.3 is 20.1 Å². The number of anilines is 1. The van der Waals surface area contributed by atoms with E-state index in [1.807, 2.05) is 12.1 Å². The first-order valence-corrected chi connectivity index (χ1v) is 13.6. The van der Waals surface area contributed by atoms with Gasteiger partial charge in [0.25, 0.3) is 5.91 Å². The van der Waals surface area contributed by atoms with Crippen LogP contribution >= 0.6 is 0 Å². The van der Waals surface area contributed by atoms with Crippen molar-refractivity contribution in [3.63, 3.8) is 0 Å². The van der Waals surface area contributed by atoms with Crippen molar-refractivity contribution >= 4 is 22.8 Å². The zero-order chi connectivity index (χ0) is 29.9. The molecule has 1 saturated heterocycles. The highest BCUT2D eigenvalue weighted by atomic mass is 19.1. The minimum absolute atomic E-state index is 0.123. The summed E-state index contributed by atoms with van der Waals surface area (Å²) in [7, 11) is 0. The Labute approximate surface area is 246 Å². The van der Waals surface area contributed by atoms with Crippen molar-refractivity contribution in [1.82, 2.24) is 34.6 Å². The Morgan fingerprint density at radius 2 is 1.86 bits per heavy atom. The van der Waals surface area contributed by atoms with Crippen LogP contribution in [-0.2, 0) is 11.4 Å². The maximum atomic E-state index is 14.4. The molecule has 0 bridgehead atoms. The van der Waals surface area contributed by atoms with Crippen LogP contribution in [0.25, 0.3) is 22.3 Å². The van der Waals surface area contributed by atoms with Gasteiger partial charge in [0.05, 0.1) is 11.4 Å². The molecule has 43 heavy (non-hydrogen) atoms. The molecular weight excluding hydrogens is 551 g/mol. The molecule has 0 aliphatic carbocycles. The second kappa shape index (κ2) is 11.7. The van der Waals surface area contributed by atoms with Crippen molar-refractivity contribution in [3.8, 4) is 40.8 Å². The normalized spacial score (nSPS) is 14.8. The fourth-order valence-corrected chi connectivity index (χ4v) is 5.04. The number of halogens is 1. The zero-order valence-corrected chi connectivity index (χ0v) is 23.3. The number of nitrogen functional groups attached to an aromatic ring is 1. The molecule has 1 atom stereocenters. The quantitative estimate of drug-likeness (QED) is 0.277. The summed E-state index contributed by atoms with van der Waals surface area (Å²) in [4.78, 5) is 30.7. The summed E-state index contributed by atoms with van der Waals surface area (Å²) in [5.74, 6) is 3.37. The van der Waals surface area contributed by atoms with Gasteiger partial charge in [0.2, 0.25) is 0 Å². The minimum Gasteiger partial charge on any atom is -0.489 e. The summed E-state index contributed by atoms with van der Waals surface area (Å²) in [6, 6.07) is 11.2. The van der Waals surface area contributed by atoms with Crippen LogP contribution in [0.4, 0.5) is 10.2 Å². The highest BCUT2D eigenvalue weighted by Crippen LogP contribution is 2.35. The molecular formula is C31H27FN8O3. The fraction of sp³-hybridized carbons (Fsp3) is 0.226. The monoisotopic (exact) mass is 578 g/mol. The number of terminal acetylenes is 1.